The van der Waals surface area contributed by atoms with Gasteiger partial charge in [0, 0.05) is 0 Å². The van der Waals surface area contributed by atoms with Gasteiger partial charge in [-0.15, -0.1) is 4.79 Å². The Kier molecular flexibility index (Phi) is 6.26. The highest BCUT2D eigenvalue weighted by Crippen LogP contribution is 2.24. The summed E-state index contributed by atoms with van der Waals surface area (Å²) in [6.07, 6.45) is 8.47. The fraction of sp³-hybridized carbons (Fsp3) is 0.438. The van der Waals surface area contributed by atoms with Crippen molar-refractivity contribution in [2.75, 3.05) is 5.75 Å². The second-order valence-electron chi connectivity index (χ2n) is 5.93. The van der Waals surface area contributed by atoms with Gasteiger partial charge in [0.05, 0.1) is 10.6 Å². The Morgan fingerprint density at radius 3 is 2.28 bits per heavy atom. The molecule has 0 atom stereocenters. The lowest BCUT2D eigenvalue weighted by Gasteiger charge is -2.17. The second kappa shape index (κ2) is 8.03. The zero-order valence-electron chi connectivity index (χ0n) is 13.5. The highest BCUT2D eigenvalue weighted by atomic mass is 32.3. The van der Waals surface area contributed by atoms with Crippen LogP contribution in [0.15, 0.2) is 41.3 Å². The predicted molar refractivity (Wildman–Crippen MR) is 91.7 cm³/mol. The average molecular weight is 386 g/mol. The van der Waals surface area contributed by atoms with Crippen molar-refractivity contribution < 1.29 is 26.0 Å². The van der Waals surface area contributed by atoms with Crippen molar-refractivity contribution in [2.45, 2.75) is 37.0 Å². The molecule has 0 spiro atoms. The summed E-state index contributed by atoms with van der Waals surface area (Å²) in [6.45, 7) is 0. The molecule has 0 heterocycles. The highest BCUT2D eigenvalue weighted by molar-refractivity contribution is 8.31. The summed E-state index contributed by atoms with van der Waals surface area (Å²) in [4.78, 5) is 2.05. The normalized spacial score (nSPS) is 16.7. The fourth-order valence-electron chi connectivity index (χ4n) is 2.77. The minimum absolute atomic E-state index is 0.284. The zero-order chi connectivity index (χ0) is 18.5. The van der Waals surface area contributed by atoms with Crippen molar-refractivity contribution >= 4 is 24.1 Å². The standard InChI is InChI=1S/C16H19FN2O4S2/c17-14-8-10-15(11-9-14)25(22,23)16(19-18)24(20,21)12-4-7-13-5-2-1-3-6-13/h4,7-11,13H,1-3,5-6,12H2. The van der Waals surface area contributed by atoms with Gasteiger partial charge >= 0.3 is 4.38 Å². The lowest BCUT2D eigenvalue weighted by molar-refractivity contribution is 0.00382. The summed E-state index contributed by atoms with van der Waals surface area (Å²) >= 11 is 0. The Morgan fingerprint density at radius 1 is 1.12 bits per heavy atom. The molecule has 1 fully saturated rings. The third-order valence-electron chi connectivity index (χ3n) is 4.08. The summed E-state index contributed by atoms with van der Waals surface area (Å²) in [7, 11) is -8.93. The van der Waals surface area contributed by atoms with Crippen LogP contribution in [0.3, 0.4) is 0 Å². The quantitative estimate of drug-likeness (QED) is 0.198. The molecule has 0 N–H and O–H groups in total. The summed E-state index contributed by atoms with van der Waals surface area (Å²) in [5.41, 5.74) is 8.99. The Hall–Kier alpha value is -1.83. The minimum Gasteiger partial charge on any atom is -0.359 e. The van der Waals surface area contributed by atoms with Gasteiger partial charge in [0.2, 0.25) is 0 Å². The summed E-state index contributed by atoms with van der Waals surface area (Å²) in [5, 5.41) is 0. The lowest BCUT2D eigenvalue weighted by atomic mass is 9.89. The fourth-order valence-corrected chi connectivity index (χ4v) is 6.04. The monoisotopic (exact) mass is 386 g/mol. The van der Waals surface area contributed by atoms with E-state index in [0.717, 1.165) is 49.9 Å². The molecule has 1 aromatic rings. The molecular weight excluding hydrogens is 367 g/mol. The SMILES string of the molecule is [N-]=[N+]=C(S(=O)(=O)CC=CC1CCCCC1)S(=O)(=O)c1ccc(F)cc1. The molecule has 9 heteroatoms. The van der Waals surface area contributed by atoms with Gasteiger partial charge < -0.3 is 5.53 Å². The molecule has 25 heavy (non-hydrogen) atoms. The van der Waals surface area contributed by atoms with E-state index in [-0.39, 0.29) is 5.92 Å². The number of halogens is 1. The Balaban J connectivity index is 2.21. The van der Waals surface area contributed by atoms with Gasteiger partial charge in [-0.05, 0) is 43.0 Å². The molecule has 0 unspecified atom stereocenters. The van der Waals surface area contributed by atoms with Crippen LogP contribution in [0.1, 0.15) is 32.1 Å². The number of hydrogen-bond acceptors (Lipinski definition) is 4. The molecule has 0 aliphatic heterocycles. The first-order chi connectivity index (χ1) is 11.8. The van der Waals surface area contributed by atoms with Crippen molar-refractivity contribution in [3.8, 4) is 0 Å². The molecule has 6 nitrogen and oxygen atoms in total. The van der Waals surface area contributed by atoms with E-state index in [2.05, 4.69) is 4.79 Å². The van der Waals surface area contributed by atoms with Crippen LogP contribution < -0.4 is 0 Å². The van der Waals surface area contributed by atoms with Crippen LogP contribution in [0.2, 0.25) is 0 Å². The number of sulfone groups is 2. The highest BCUT2D eigenvalue weighted by Gasteiger charge is 2.42. The maximum atomic E-state index is 12.9. The smallest absolute Gasteiger partial charge is 0.359 e. The van der Waals surface area contributed by atoms with Crippen LogP contribution in [-0.2, 0) is 19.7 Å². The summed E-state index contributed by atoms with van der Waals surface area (Å²) < 4.78 is 60.9. The number of hydrogen-bond donors (Lipinski definition) is 0. The van der Waals surface area contributed by atoms with Gasteiger partial charge in [0.1, 0.15) is 5.82 Å². The van der Waals surface area contributed by atoms with E-state index in [4.69, 9.17) is 5.53 Å². The maximum Gasteiger partial charge on any atom is 0.499 e. The van der Waals surface area contributed by atoms with Crippen molar-refractivity contribution in [1.29, 1.82) is 0 Å². The molecule has 0 bridgehead atoms. The average Bonchev–Trinajstić information content (AvgIpc) is 2.56. The summed E-state index contributed by atoms with van der Waals surface area (Å²) in [6, 6.07) is 3.61. The van der Waals surface area contributed by atoms with E-state index >= 15 is 0 Å². The molecule has 0 radical (unpaired) electrons. The molecule has 1 aliphatic rings. The van der Waals surface area contributed by atoms with E-state index in [9.17, 15) is 21.2 Å². The van der Waals surface area contributed by atoms with Crippen molar-refractivity contribution in [1.82, 2.24) is 0 Å². The van der Waals surface area contributed by atoms with Crippen LogP contribution in [0.25, 0.3) is 5.53 Å². The third-order valence-corrected chi connectivity index (χ3v) is 8.17. The van der Waals surface area contributed by atoms with Crippen LogP contribution in [0, 0.1) is 11.7 Å². The number of benzene rings is 1. The largest absolute Gasteiger partial charge is 0.499 e. The topological polar surface area (TPSA) is 105 Å². The van der Waals surface area contributed by atoms with Gasteiger partial charge in [-0.2, -0.15) is 0 Å². The van der Waals surface area contributed by atoms with Gasteiger partial charge in [-0.1, -0.05) is 31.4 Å². The Labute approximate surface area is 146 Å². The minimum atomic E-state index is -4.57. The van der Waals surface area contributed by atoms with E-state index in [0.29, 0.717) is 0 Å². The second-order valence-corrected chi connectivity index (χ2v) is 10.0. The number of rotatable bonds is 4. The van der Waals surface area contributed by atoms with Gasteiger partial charge in [-0.3, -0.25) is 0 Å². The van der Waals surface area contributed by atoms with E-state index < -0.39 is 40.5 Å². The van der Waals surface area contributed by atoms with Crippen molar-refractivity contribution in [3.05, 3.63) is 47.8 Å². The van der Waals surface area contributed by atoms with E-state index in [1.54, 1.807) is 6.08 Å². The van der Waals surface area contributed by atoms with Crippen molar-refractivity contribution in [3.63, 3.8) is 0 Å². The molecule has 0 saturated heterocycles. The molecule has 1 aromatic carbocycles. The molecule has 2 rings (SSSR count). The first-order valence-electron chi connectivity index (χ1n) is 7.89. The molecule has 136 valence electrons. The van der Waals surface area contributed by atoms with Crippen LogP contribution in [0.5, 0.6) is 0 Å². The van der Waals surface area contributed by atoms with E-state index in [1.807, 2.05) is 0 Å². The Morgan fingerprint density at radius 2 is 1.72 bits per heavy atom. The van der Waals surface area contributed by atoms with Crippen LogP contribution in [-0.4, -0.2) is 31.8 Å². The number of allylic oxidation sites excluding steroid dienone is 1. The lowest BCUT2D eigenvalue weighted by Crippen LogP contribution is -2.27. The first-order valence-corrected chi connectivity index (χ1v) is 11.0. The molecular formula is C16H19FN2O4S2. The van der Waals surface area contributed by atoms with Crippen LogP contribution in [0.4, 0.5) is 4.39 Å². The first kappa shape index (κ1) is 19.5. The molecule has 1 saturated carbocycles. The predicted octanol–water partition coefficient (Wildman–Crippen LogP) is 2.74. The zero-order valence-corrected chi connectivity index (χ0v) is 15.1. The van der Waals surface area contributed by atoms with Gasteiger partial charge in [0.25, 0.3) is 19.7 Å². The molecule has 0 amide bonds. The molecule has 0 aromatic heterocycles. The van der Waals surface area contributed by atoms with Gasteiger partial charge in [-0.25, -0.2) is 21.2 Å². The molecule has 1 aliphatic carbocycles. The van der Waals surface area contributed by atoms with Crippen molar-refractivity contribution in [2.24, 2.45) is 5.92 Å². The van der Waals surface area contributed by atoms with Gasteiger partial charge in [0.15, 0.2) is 0 Å². The Bertz CT molecular complexity index is 894. The number of nitrogens with zero attached hydrogens (tertiary/aromatic N) is 2. The van der Waals surface area contributed by atoms with E-state index in [1.165, 1.54) is 12.5 Å². The maximum absolute atomic E-state index is 12.9. The van der Waals surface area contributed by atoms with Crippen LogP contribution >= 0.6 is 0 Å². The summed E-state index contributed by atoms with van der Waals surface area (Å²) in [5.74, 6) is -0.963. The third kappa shape index (κ3) is 4.84.